The summed E-state index contributed by atoms with van der Waals surface area (Å²) in [5.41, 5.74) is 2.59. The SMILES string of the molecule is CCN(CCCNC(=O)NC1Cc2ccccc2C1)S(C)(=O)=O. The maximum atomic E-state index is 11.9. The fourth-order valence-corrected chi connectivity index (χ4v) is 3.84. The van der Waals surface area contributed by atoms with Crippen molar-refractivity contribution in [1.82, 2.24) is 14.9 Å². The van der Waals surface area contributed by atoms with Gasteiger partial charge in [-0.15, -0.1) is 0 Å². The van der Waals surface area contributed by atoms with E-state index in [1.165, 1.54) is 21.7 Å². The highest BCUT2D eigenvalue weighted by molar-refractivity contribution is 7.88. The molecule has 128 valence electrons. The molecule has 0 saturated carbocycles. The van der Waals surface area contributed by atoms with E-state index >= 15 is 0 Å². The fraction of sp³-hybridized carbons (Fsp3) is 0.562. The summed E-state index contributed by atoms with van der Waals surface area (Å²) in [4.78, 5) is 11.9. The summed E-state index contributed by atoms with van der Waals surface area (Å²) in [6.07, 6.45) is 3.52. The molecule has 0 heterocycles. The van der Waals surface area contributed by atoms with E-state index in [0.29, 0.717) is 26.1 Å². The van der Waals surface area contributed by atoms with Gasteiger partial charge in [0.15, 0.2) is 0 Å². The standard InChI is InChI=1S/C16H25N3O3S/c1-3-19(23(2,21)22)10-6-9-17-16(20)18-15-11-13-7-4-5-8-14(13)12-15/h4-5,7-8,15H,3,6,9-12H2,1-2H3,(H2,17,18,20). The van der Waals surface area contributed by atoms with Crippen LogP contribution in [0.25, 0.3) is 0 Å². The molecule has 23 heavy (non-hydrogen) atoms. The Bertz CT molecular complexity index is 621. The monoisotopic (exact) mass is 339 g/mol. The first-order valence-corrected chi connectivity index (χ1v) is 9.81. The molecule has 1 aliphatic carbocycles. The van der Waals surface area contributed by atoms with E-state index in [2.05, 4.69) is 22.8 Å². The number of benzene rings is 1. The summed E-state index contributed by atoms with van der Waals surface area (Å²) in [5.74, 6) is 0. The van der Waals surface area contributed by atoms with Gasteiger partial charge in [-0.2, -0.15) is 0 Å². The van der Waals surface area contributed by atoms with Crippen molar-refractivity contribution >= 4 is 16.1 Å². The summed E-state index contributed by atoms with van der Waals surface area (Å²) in [6.45, 7) is 3.13. The van der Waals surface area contributed by atoms with Crippen LogP contribution in [0.1, 0.15) is 24.5 Å². The topological polar surface area (TPSA) is 78.5 Å². The van der Waals surface area contributed by atoms with Crippen LogP contribution in [0.4, 0.5) is 4.79 Å². The lowest BCUT2D eigenvalue weighted by Gasteiger charge is -2.18. The summed E-state index contributed by atoms with van der Waals surface area (Å²) < 4.78 is 24.3. The molecule has 6 nitrogen and oxygen atoms in total. The number of urea groups is 1. The lowest BCUT2D eigenvalue weighted by atomic mass is 10.1. The first kappa shape index (κ1) is 17.7. The number of nitrogens with zero attached hydrogens (tertiary/aromatic N) is 1. The first-order chi connectivity index (χ1) is 10.9. The van der Waals surface area contributed by atoms with Crippen molar-refractivity contribution in [1.29, 1.82) is 0 Å². The summed E-state index contributed by atoms with van der Waals surface area (Å²) in [6, 6.07) is 8.17. The quantitative estimate of drug-likeness (QED) is 0.731. The van der Waals surface area contributed by atoms with Crippen LogP contribution >= 0.6 is 0 Å². The second-order valence-electron chi connectivity index (χ2n) is 5.88. The molecule has 1 aromatic carbocycles. The Labute approximate surface area is 138 Å². The molecule has 7 heteroatoms. The van der Waals surface area contributed by atoms with Gasteiger partial charge in [0.05, 0.1) is 6.26 Å². The Morgan fingerprint density at radius 1 is 1.26 bits per heavy atom. The van der Waals surface area contributed by atoms with E-state index in [0.717, 1.165) is 12.8 Å². The van der Waals surface area contributed by atoms with Crippen LogP contribution in [0.5, 0.6) is 0 Å². The normalized spacial score (nSPS) is 14.7. The first-order valence-electron chi connectivity index (χ1n) is 7.96. The Morgan fingerprint density at radius 2 is 1.87 bits per heavy atom. The highest BCUT2D eigenvalue weighted by atomic mass is 32.2. The van der Waals surface area contributed by atoms with Crippen molar-refractivity contribution in [2.75, 3.05) is 25.9 Å². The van der Waals surface area contributed by atoms with E-state index in [4.69, 9.17) is 0 Å². The van der Waals surface area contributed by atoms with Gasteiger partial charge in [-0.05, 0) is 30.4 Å². The highest BCUT2D eigenvalue weighted by Gasteiger charge is 2.22. The third-order valence-corrected chi connectivity index (χ3v) is 5.46. The maximum Gasteiger partial charge on any atom is 0.315 e. The lowest BCUT2D eigenvalue weighted by molar-refractivity contribution is 0.237. The summed E-state index contributed by atoms with van der Waals surface area (Å²) in [7, 11) is -3.16. The predicted molar refractivity (Wildman–Crippen MR) is 90.9 cm³/mol. The predicted octanol–water partition coefficient (Wildman–Crippen LogP) is 1.12. The molecule has 1 aliphatic rings. The molecule has 0 fully saturated rings. The lowest BCUT2D eigenvalue weighted by Crippen LogP contribution is -2.43. The molecule has 0 aromatic heterocycles. The van der Waals surface area contributed by atoms with Gasteiger partial charge in [-0.1, -0.05) is 31.2 Å². The van der Waals surface area contributed by atoms with E-state index < -0.39 is 10.0 Å². The number of carbonyl (C=O) groups is 1. The number of hydrogen-bond donors (Lipinski definition) is 2. The van der Waals surface area contributed by atoms with E-state index in [1.54, 1.807) is 6.92 Å². The van der Waals surface area contributed by atoms with Gasteiger partial charge in [0.25, 0.3) is 0 Å². The van der Waals surface area contributed by atoms with Crippen LogP contribution in [-0.2, 0) is 22.9 Å². The molecule has 0 spiro atoms. The third kappa shape index (κ3) is 5.21. The highest BCUT2D eigenvalue weighted by Crippen LogP contribution is 2.21. The van der Waals surface area contributed by atoms with Crippen LogP contribution in [0.15, 0.2) is 24.3 Å². The summed E-state index contributed by atoms with van der Waals surface area (Å²) >= 11 is 0. The largest absolute Gasteiger partial charge is 0.338 e. The average molecular weight is 339 g/mol. The second kappa shape index (κ2) is 7.79. The van der Waals surface area contributed by atoms with Crippen molar-refractivity contribution in [2.45, 2.75) is 32.2 Å². The van der Waals surface area contributed by atoms with Crippen LogP contribution in [0.2, 0.25) is 0 Å². The number of rotatable bonds is 7. The zero-order valence-electron chi connectivity index (χ0n) is 13.7. The van der Waals surface area contributed by atoms with E-state index in [9.17, 15) is 13.2 Å². The van der Waals surface area contributed by atoms with Crippen LogP contribution < -0.4 is 10.6 Å². The van der Waals surface area contributed by atoms with Crippen LogP contribution in [-0.4, -0.2) is 50.7 Å². The van der Waals surface area contributed by atoms with Crippen molar-refractivity contribution in [2.24, 2.45) is 0 Å². The number of sulfonamides is 1. The molecule has 2 amide bonds. The minimum absolute atomic E-state index is 0.135. The average Bonchev–Trinajstić information content (AvgIpc) is 2.87. The number of hydrogen-bond acceptors (Lipinski definition) is 3. The molecule has 2 rings (SSSR count). The Hall–Kier alpha value is -1.60. The van der Waals surface area contributed by atoms with E-state index in [-0.39, 0.29) is 12.1 Å². The van der Waals surface area contributed by atoms with Gasteiger partial charge < -0.3 is 10.6 Å². The molecule has 1 aromatic rings. The Morgan fingerprint density at radius 3 is 2.39 bits per heavy atom. The molecule has 0 aliphatic heterocycles. The number of nitrogens with one attached hydrogen (secondary N) is 2. The minimum Gasteiger partial charge on any atom is -0.338 e. The Balaban J connectivity index is 1.67. The zero-order chi connectivity index (χ0) is 16.9. The van der Waals surface area contributed by atoms with Gasteiger partial charge in [-0.3, -0.25) is 0 Å². The molecule has 0 radical (unpaired) electrons. The molecular formula is C16H25N3O3S. The van der Waals surface area contributed by atoms with Gasteiger partial charge in [0, 0.05) is 25.7 Å². The molecular weight excluding hydrogens is 314 g/mol. The second-order valence-corrected chi connectivity index (χ2v) is 7.86. The van der Waals surface area contributed by atoms with Gasteiger partial charge >= 0.3 is 6.03 Å². The fourth-order valence-electron chi connectivity index (χ4n) is 2.91. The van der Waals surface area contributed by atoms with E-state index in [1.807, 2.05) is 12.1 Å². The Kier molecular flexibility index (Phi) is 6.01. The third-order valence-electron chi connectivity index (χ3n) is 4.08. The zero-order valence-corrected chi connectivity index (χ0v) is 14.5. The number of fused-ring (bicyclic) bond motifs is 1. The van der Waals surface area contributed by atoms with Crippen molar-refractivity contribution in [3.05, 3.63) is 35.4 Å². The number of carbonyl (C=O) groups excluding carboxylic acids is 1. The maximum absolute atomic E-state index is 11.9. The molecule has 0 saturated heterocycles. The molecule has 0 unspecified atom stereocenters. The van der Waals surface area contributed by atoms with Crippen molar-refractivity contribution in [3.8, 4) is 0 Å². The van der Waals surface area contributed by atoms with Crippen molar-refractivity contribution < 1.29 is 13.2 Å². The van der Waals surface area contributed by atoms with Gasteiger partial charge in [0.1, 0.15) is 0 Å². The van der Waals surface area contributed by atoms with Crippen LogP contribution in [0.3, 0.4) is 0 Å². The minimum atomic E-state index is -3.16. The molecule has 2 N–H and O–H groups in total. The molecule has 0 bridgehead atoms. The van der Waals surface area contributed by atoms with Gasteiger partial charge in [0.2, 0.25) is 10.0 Å². The number of amides is 2. The van der Waals surface area contributed by atoms with Crippen molar-refractivity contribution in [3.63, 3.8) is 0 Å². The molecule has 0 atom stereocenters. The van der Waals surface area contributed by atoms with Crippen LogP contribution in [0, 0.1) is 0 Å². The smallest absolute Gasteiger partial charge is 0.315 e. The van der Waals surface area contributed by atoms with Gasteiger partial charge in [-0.25, -0.2) is 17.5 Å². The summed E-state index contributed by atoms with van der Waals surface area (Å²) in [5, 5.41) is 5.77.